The van der Waals surface area contributed by atoms with E-state index in [9.17, 15) is 9.59 Å². The zero-order valence-electron chi connectivity index (χ0n) is 20.5. The monoisotopic (exact) mass is 474 g/mol. The van der Waals surface area contributed by atoms with Crippen molar-refractivity contribution in [3.63, 3.8) is 0 Å². The third-order valence-corrected chi connectivity index (χ3v) is 6.45. The molecule has 184 valence electrons. The Balaban J connectivity index is 1.57. The second-order valence-electron chi connectivity index (χ2n) is 9.30. The minimum absolute atomic E-state index is 0.0000950. The third-order valence-electron chi connectivity index (χ3n) is 6.45. The van der Waals surface area contributed by atoms with Crippen LogP contribution >= 0.6 is 0 Å². The molecule has 1 unspecified atom stereocenters. The number of nitrogens with zero attached hydrogens (tertiary/aromatic N) is 2. The lowest BCUT2D eigenvalue weighted by atomic mass is 9.89. The number of benzene rings is 2. The molecular weight excluding hydrogens is 440 g/mol. The van der Waals surface area contributed by atoms with Crippen LogP contribution in [0.3, 0.4) is 0 Å². The molecule has 0 bridgehead atoms. The number of ether oxygens (including phenoxy) is 1. The molecule has 2 heterocycles. The van der Waals surface area contributed by atoms with Gasteiger partial charge in [0.05, 0.1) is 24.8 Å². The summed E-state index contributed by atoms with van der Waals surface area (Å²) in [6.07, 6.45) is 3.55. The van der Waals surface area contributed by atoms with Gasteiger partial charge in [-0.05, 0) is 49.9 Å². The topological polar surface area (TPSA) is 63.0 Å². The van der Waals surface area contributed by atoms with Gasteiger partial charge >= 0.3 is 0 Å². The number of hydrogen-bond acceptors (Lipinski definition) is 4. The van der Waals surface area contributed by atoms with Gasteiger partial charge in [0.2, 0.25) is 11.8 Å². The lowest BCUT2D eigenvalue weighted by molar-refractivity contribution is -0.143. The van der Waals surface area contributed by atoms with Crippen LogP contribution in [0.25, 0.3) is 0 Å². The first kappa shape index (κ1) is 24.7. The first-order valence-corrected chi connectivity index (χ1v) is 12.3. The van der Waals surface area contributed by atoms with Crippen LogP contribution in [0.4, 0.5) is 0 Å². The van der Waals surface area contributed by atoms with Crippen molar-refractivity contribution < 1.29 is 18.7 Å². The van der Waals surface area contributed by atoms with Crippen molar-refractivity contribution in [1.82, 2.24) is 9.80 Å². The van der Waals surface area contributed by atoms with Gasteiger partial charge in [-0.1, -0.05) is 60.7 Å². The summed E-state index contributed by atoms with van der Waals surface area (Å²) in [5.74, 6) is 0.0362. The predicted octanol–water partition coefficient (Wildman–Crippen LogP) is 4.86. The molecule has 1 aliphatic heterocycles. The minimum Gasteiger partial charge on any atom is -0.467 e. The van der Waals surface area contributed by atoms with Gasteiger partial charge in [-0.3, -0.25) is 9.59 Å². The first-order valence-electron chi connectivity index (χ1n) is 12.3. The number of furan rings is 1. The van der Waals surface area contributed by atoms with E-state index in [-0.39, 0.29) is 30.5 Å². The molecule has 3 aromatic rings. The molecule has 1 saturated heterocycles. The molecule has 6 nitrogen and oxygen atoms in total. The Morgan fingerprint density at radius 1 is 0.943 bits per heavy atom. The highest BCUT2D eigenvalue weighted by atomic mass is 16.5. The Bertz CT molecular complexity index is 1020. The lowest BCUT2D eigenvalue weighted by Gasteiger charge is -2.33. The van der Waals surface area contributed by atoms with E-state index in [4.69, 9.17) is 9.15 Å². The molecule has 1 aromatic heterocycles. The van der Waals surface area contributed by atoms with Gasteiger partial charge in [0, 0.05) is 19.2 Å². The maximum Gasteiger partial charge on any atom is 0.242 e. The van der Waals surface area contributed by atoms with Gasteiger partial charge in [0.25, 0.3) is 0 Å². The van der Waals surface area contributed by atoms with Gasteiger partial charge in [-0.25, -0.2) is 0 Å². The Hall–Kier alpha value is -3.38. The van der Waals surface area contributed by atoms with E-state index >= 15 is 0 Å². The van der Waals surface area contributed by atoms with Gasteiger partial charge in [0.1, 0.15) is 12.3 Å². The van der Waals surface area contributed by atoms with Crippen LogP contribution in [0.15, 0.2) is 83.5 Å². The highest BCUT2D eigenvalue weighted by Crippen LogP contribution is 2.28. The SMILES string of the molecule is CC(C)N(CC(=O)N(Cc1ccco1)CC1CCCO1)C(=O)C(c1ccccc1)c1ccccc1. The predicted molar refractivity (Wildman–Crippen MR) is 135 cm³/mol. The zero-order valence-corrected chi connectivity index (χ0v) is 20.5. The Morgan fingerprint density at radius 2 is 1.60 bits per heavy atom. The molecule has 35 heavy (non-hydrogen) atoms. The average Bonchev–Trinajstić information content (AvgIpc) is 3.58. The van der Waals surface area contributed by atoms with Gasteiger partial charge < -0.3 is 19.0 Å². The van der Waals surface area contributed by atoms with Gasteiger partial charge in [-0.2, -0.15) is 0 Å². The highest BCUT2D eigenvalue weighted by molar-refractivity contribution is 5.91. The van der Waals surface area contributed by atoms with E-state index in [1.807, 2.05) is 86.6 Å². The van der Waals surface area contributed by atoms with E-state index in [0.717, 1.165) is 30.6 Å². The van der Waals surface area contributed by atoms with Crippen LogP contribution in [-0.2, 0) is 20.9 Å². The fourth-order valence-electron chi connectivity index (χ4n) is 4.57. The summed E-state index contributed by atoms with van der Waals surface area (Å²) in [5.41, 5.74) is 1.82. The van der Waals surface area contributed by atoms with Crippen LogP contribution in [-0.4, -0.2) is 53.5 Å². The number of carbonyl (C=O) groups is 2. The molecule has 2 amide bonds. The summed E-state index contributed by atoms with van der Waals surface area (Å²) >= 11 is 0. The number of hydrogen-bond donors (Lipinski definition) is 0. The maximum absolute atomic E-state index is 14.0. The molecular formula is C29H34N2O4. The smallest absolute Gasteiger partial charge is 0.242 e. The standard InChI is InChI=1S/C29H34N2O4/c1-22(2)31(29(33)28(23-11-5-3-6-12-23)24-13-7-4-8-14-24)21-27(32)30(19-25-15-9-17-34-25)20-26-16-10-18-35-26/h3-9,11-15,17,22,26,28H,10,16,18-21H2,1-2H3. The largest absolute Gasteiger partial charge is 0.467 e. The second-order valence-corrected chi connectivity index (χ2v) is 9.30. The molecule has 4 rings (SSSR count). The van der Waals surface area contributed by atoms with Crippen molar-refractivity contribution >= 4 is 11.8 Å². The summed E-state index contributed by atoms with van der Waals surface area (Å²) in [7, 11) is 0. The van der Waals surface area contributed by atoms with Gasteiger partial charge in [0.15, 0.2) is 0 Å². The van der Waals surface area contributed by atoms with Crippen LogP contribution in [0.5, 0.6) is 0 Å². The molecule has 1 aliphatic rings. The van der Waals surface area contributed by atoms with E-state index in [1.54, 1.807) is 16.1 Å². The Morgan fingerprint density at radius 3 is 2.11 bits per heavy atom. The second kappa shape index (κ2) is 11.8. The molecule has 0 N–H and O–H groups in total. The zero-order chi connectivity index (χ0) is 24.6. The minimum atomic E-state index is -0.482. The number of carbonyl (C=O) groups excluding carboxylic acids is 2. The highest BCUT2D eigenvalue weighted by Gasteiger charge is 2.32. The Labute approximate surface area is 207 Å². The third kappa shape index (κ3) is 6.40. The Kier molecular flexibility index (Phi) is 8.37. The summed E-state index contributed by atoms with van der Waals surface area (Å²) in [6.45, 7) is 5.47. The van der Waals surface area contributed by atoms with E-state index in [2.05, 4.69) is 0 Å². The summed E-state index contributed by atoms with van der Waals surface area (Å²) < 4.78 is 11.3. The molecule has 0 aliphatic carbocycles. The van der Waals surface area contributed by atoms with Crippen molar-refractivity contribution in [2.75, 3.05) is 19.7 Å². The normalized spacial score (nSPS) is 15.5. The fourth-order valence-corrected chi connectivity index (χ4v) is 4.57. The molecule has 0 spiro atoms. The summed E-state index contributed by atoms with van der Waals surface area (Å²) in [6, 6.07) is 23.1. The van der Waals surface area contributed by atoms with Crippen LogP contribution in [0.2, 0.25) is 0 Å². The molecule has 0 saturated carbocycles. The molecule has 2 aromatic carbocycles. The first-order chi connectivity index (χ1) is 17.0. The van der Waals surface area contributed by atoms with Crippen molar-refractivity contribution in [3.8, 4) is 0 Å². The summed E-state index contributed by atoms with van der Waals surface area (Å²) in [5, 5.41) is 0. The van der Waals surface area contributed by atoms with E-state index in [1.165, 1.54) is 0 Å². The van der Waals surface area contributed by atoms with Crippen molar-refractivity contribution in [3.05, 3.63) is 95.9 Å². The lowest BCUT2D eigenvalue weighted by Crippen LogP contribution is -2.48. The van der Waals surface area contributed by atoms with Crippen LogP contribution in [0, 0.1) is 0 Å². The van der Waals surface area contributed by atoms with E-state index < -0.39 is 5.92 Å². The van der Waals surface area contributed by atoms with Crippen LogP contribution < -0.4 is 0 Å². The van der Waals surface area contributed by atoms with Gasteiger partial charge in [-0.15, -0.1) is 0 Å². The molecule has 1 fully saturated rings. The fraction of sp³-hybridized carbons (Fsp3) is 0.379. The number of rotatable bonds is 10. The average molecular weight is 475 g/mol. The molecule has 1 atom stereocenters. The molecule has 0 radical (unpaired) electrons. The maximum atomic E-state index is 14.0. The van der Waals surface area contributed by atoms with Crippen molar-refractivity contribution in [1.29, 1.82) is 0 Å². The summed E-state index contributed by atoms with van der Waals surface area (Å²) in [4.78, 5) is 31.1. The van der Waals surface area contributed by atoms with Crippen molar-refractivity contribution in [2.24, 2.45) is 0 Å². The van der Waals surface area contributed by atoms with Crippen molar-refractivity contribution in [2.45, 2.75) is 51.3 Å². The quantitative estimate of drug-likeness (QED) is 0.421. The number of amides is 2. The van der Waals surface area contributed by atoms with Crippen LogP contribution in [0.1, 0.15) is 49.5 Å². The van der Waals surface area contributed by atoms with E-state index in [0.29, 0.717) is 18.8 Å². The molecule has 6 heteroatoms.